The monoisotopic (exact) mass is 272 g/mol. The maximum absolute atomic E-state index is 12.1. The van der Waals surface area contributed by atoms with Crippen LogP contribution in [0.3, 0.4) is 0 Å². The third kappa shape index (κ3) is 5.39. The molecule has 0 aromatic carbocycles. The molecular formula is C9H8ClF3O4. The van der Waals surface area contributed by atoms with Crippen molar-refractivity contribution in [3.05, 3.63) is 22.8 Å². The molecule has 0 aliphatic heterocycles. The van der Waals surface area contributed by atoms with Crippen LogP contribution in [0.1, 0.15) is 0 Å². The number of carbonyl (C=O) groups is 2. The molecule has 96 valence electrons. The molecule has 0 aliphatic rings. The van der Waals surface area contributed by atoms with Crippen molar-refractivity contribution >= 4 is 23.5 Å². The van der Waals surface area contributed by atoms with Crippen LogP contribution in [0.25, 0.3) is 0 Å². The Morgan fingerprint density at radius 2 is 1.65 bits per heavy atom. The molecule has 0 rings (SSSR count). The van der Waals surface area contributed by atoms with Crippen LogP contribution in [0.4, 0.5) is 13.2 Å². The van der Waals surface area contributed by atoms with Crippen molar-refractivity contribution in [3.8, 4) is 0 Å². The highest BCUT2D eigenvalue weighted by molar-refractivity contribution is 6.30. The van der Waals surface area contributed by atoms with Crippen molar-refractivity contribution in [1.82, 2.24) is 0 Å². The Labute approximate surface area is 99.6 Å². The maximum atomic E-state index is 12.1. The number of carbonyl (C=O) groups excluding carboxylic acids is 2. The number of methoxy groups -OCH3 is 2. The minimum Gasteiger partial charge on any atom is -0.466 e. The Balaban J connectivity index is 5.30. The highest BCUT2D eigenvalue weighted by Gasteiger charge is 2.33. The second-order valence-corrected chi connectivity index (χ2v) is 3.01. The first-order valence-electron chi connectivity index (χ1n) is 4.04. The first-order chi connectivity index (χ1) is 7.72. The third-order valence-electron chi connectivity index (χ3n) is 1.45. The summed E-state index contributed by atoms with van der Waals surface area (Å²) in [5, 5.41) is -1.56. The largest absolute Gasteiger partial charge is 0.466 e. The van der Waals surface area contributed by atoms with Gasteiger partial charge in [0.2, 0.25) is 0 Å². The number of alkyl halides is 3. The van der Waals surface area contributed by atoms with Gasteiger partial charge in [-0.05, 0) is 6.08 Å². The molecule has 4 nitrogen and oxygen atoms in total. The first kappa shape index (κ1) is 15.5. The van der Waals surface area contributed by atoms with Gasteiger partial charge in [0, 0.05) is 6.08 Å². The number of allylic oxidation sites excluding steroid dienone is 1. The highest BCUT2D eigenvalue weighted by Crippen LogP contribution is 2.29. The van der Waals surface area contributed by atoms with Crippen LogP contribution in [0.2, 0.25) is 0 Å². The van der Waals surface area contributed by atoms with Crippen LogP contribution in [0.5, 0.6) is 0 Å². The van der Waals surface area contributed by atoms with E-state index >= 15 is 0 Å². The van der Waals surface area contributed by atoms with Gasteiger partial charge < -0.3 is 9.47 Å². The molecule has 0 saturated heterocycles. The van der Waals surface area contributed by atoms with Crippen LogP contribution in [-0.2, 0) is 19.1 Å². The Hall–Kier alpha value is -1.50. The minimum absolute atomic E-state index is 0.282. The molecule has 0 amide bonds. The van der Waals surface area contributed by atoms with Gasteiger partial charge in [-0.1, -0.05) is 11.6 Å². The summed E-state index contributed by atoms with van der Waals surface area (Å²) < 4.78 is 44.7. The molecule has 0 fully saturated rings. The quantitative estimate of drug-likeness (QED) is 0.448. The predicted octanol–water partition coefficient (Wildman–Crippen LogP) is 1.94. The smallest absolute Gasteiger partial charge is 0.426 e. The minimum atomic E-state index is -4.81. The van der Waals surface area contributed by atoms with E-state index in [1.54, 1.807) is 0 Å². The Bertz CT molecular complexity index is 371. The van der Waals surface area contributed by atoms with Crippen molar-refractivity contribution in [2.24, 2.45) is 0 Å². The summed E-state index contributed by atoms with van der Waals surface area (Å²) >= 11 is 4.91. The average molecular weight is 273 g/mol. The van der Waals surface area contributed by atoms with E-state index in [1.165, 1.54) is 0 Å². The van der Waals surface area contributed by atoms with Crippen LogP contribution < -0.4 is 0 Å². The number of ether oxygens (including phenoxy) is 2. The summed E-state index contributed by atoms with van der Waals surface area (Å²) in [4.78, 5) is 21.9. The summed E-state index contributed by atoms with van der Waals surface area (Å²) in [5.41, 5.74) is -0.665. The van der Waals surface area contributed by atoms with Gasteiger partial charge in [0.1, 0.15) is 5.03 Å². The molecule has 0 atom stereocenters. The predicted molar refractivity (Wildman–Crippen MR) is 52.1 cm³/mol. The lowest BCUT2D eigenvalue weighted by molar-refractivity contribution is -0.138. The Morgan fingerprint density at radius 1 is 1.12 bits per heavy atom. The first-order valence-corrected chi connectivity index (χ1v) is 4.42. The fourth-order valence-corrected chi connectivity index (χ4v) is 0.799. The van der Waals surface area contributed by atoms with E-state index < -0.39 is 28.7 Å². The molecule has 0 bridgehead atoms. The molecule has 0 aliphatic carbocycles. The average Bonchev–Trinajstić information content (AvgIpc) is 2.25. The molecule has 0 aromatic heterocycles. The van der Waals surface area contributed by atoms with E-state index in [1.807, 2.05) is 0 Å². The lowest BCUT2D eigenvalue weighted by Gasteiger charge is -2.05. The number of hydrogen-bond acceptors (Lipinski definition) is 4. The second kappa shape index (κ2) is 6.29. The number of halogens is 4. The molecule has 0 heterocycles. The number of hydrogen-bond donors (Lipinski definition) is 0. The second-order valence-electron chi connectivity index (χ2n) is 2.60. The molecule has 0 unspecified atom stereocenters. The maximum Gasteiger partial charge on any atom is 0.426 e. The highest BCUT2D eigenvalue weighted by atomic mass is 35.5. The lowest BCUT2D eigenvalue weighted by Crippen LogP contribution is -2.11. The van der Waals surface area contributed by atoms with Crippen molar-refractivity contribution in [2.75, 3.05) is 14.2 Å². The van der Waals surface area contributed by atoms with Crippen LogP contribution in [-0.4, -0.2) is 32.3 Å². The van der Waals surface area contributed by atoms with E-state index in [0.29, 0.717) is 6.08 Å². The van der Waals surface area contributed by atoms with Gasteiger partial charge in [0.15, 0.2) is 0 Å². The van der Waals surface area contributed by atoms with Gasteiger partial charge in [0.05, 0.1) is 19.8 Å². The van der Waals surface area contributed by atoms with E-state index in [2.05, 4.69) is 9.47 Å². The molecular weight excluding hydrogens is 265 g/mol. The number of esters is 2. The van der Waals surface area contributed by atoms with Crippen molar-refractivity contribution in [1.29, 1.82) is 0 Å². The fourth-order valence-electron chi connectivity index (χ4n) is 0.682. The topological polar surface area (TPSA) is 52.6 Å². The van der Waals surface area contributed by atoms with Crippen molar-refractivity contribution < 1.29 is 32.2 Å². The van der Waals surface area contributed by atoms with Crippen molar-refractivity contribution in [2.45, 2.75) is 6.18 Å². The van der Waals surface area contributed by atoms with Gasteiger partial charge in [-0.25, -0.2) is 9.59 Å². The Kier molecular flexibility index (Phi) is 5.73. The van der Waals surface area contributed by atoms with Crippen molar-refractivity contribution in [3.63, 3.8) is 0 Å². The zero-order valence-electron chi connectivity index (χ0n) is 8.80. The van der Waals surface area contributed by atoms with Crippen LogP contribution in [0.15, 0.2) is 22.8 Å². The fraction of sp³-hybridized carbons (Fsp3) is 0.333. The molecule has 0 N–H and O–H groups in total. The SMILES string of the molecule is COC(=O)C=C(C=C(Cl)C(F)(F)F)C(=O)OC. The van der Waals surface area contributed by atoms with Gasteiger partial charge in [-0.2, -0.15) is 13.2 Å². The summed E-state index contributed by atoms with van der Waals surface area (Å²) in [6.07, 6.45) is -3.99. The van der Waals surface area contributed by atoms with Crippen LogP contribution >= 0.6 is 11.6 Å². The molecule has 0 radical (unpaired) electrons. The normalized spacial score (nSPS) is 13.3. The number of rotatable bonds is 3. The summed E-state index contributed by atoms with van der Waals surface area (Å²) in [7, 11) is 1.95. The van der Waals surface area contributed by atoms with Gasteiger partial charge >= 0.3 is 18.1 Å². The molecule has 0 aromatic rings. The van der Waals surface area contributed by atoms with E-state index in [0.717, 1.165) is 14.2 Å². The molecule has 17 heavy (non-hydrogen) atoms. The zero-order chi connectivity index (χ0) is 13.6. The summed E-state index contributed by atoms with van der Waals surface area (Å²) in [6.45, 7) is 0. The van der Waals surface area contributed by atoms with Gasteiger partial charge in [-0.15, -0.1) is 0 Å². The van der Waals surface area contributed by atoms with Gasteiger partial charge in [-0.3, -0.25) is 0 Å². The molecule has 8 heteroatoms. The van der Waals surface area contributed by atoms with E-state index in [4.69, 9.17) is 11.6 Å². The van der Waals surface area contributed by atoms with Crippen LogP contribution in [0, 0.1) is 0 Å². The van der Waals surface area contributed by atoms with Gasteiger partial charge in [0.25, 0.3) is 0 Å². The third-order valence-corrected chi connectivity index (χ3v) is 1.77. The zero-order valence-corrected chi connectivity index (χ0v) is 9.56. The van der Waals surface area contributed by atoms with E-state index in [9.17, 15) is 22.8 Å². The van der Waals surface area contributed by atoms with E-state index in [-0.39, 0.29) is 6.08 Å². The Morgan fingerprint density at radius 3 is 2.00 bits per heavy atom. The molecule has 0 saturated carbocycles. The molecule has 0 spiro atoms. The standard InChI is InChI=1S/C9H8ClF3O4/c1-16-7(14)4-5(8(15)17-2)3-6(10)9(11,12)13/h3-4H,1-2H3. The lowest BCUT2D eigenvalue weighted by atomic mass is 10.2. The summed E-state index contributed by atoms with van der Waals surface area (Å²) in [5.74, 6) is -2.15. The summed E-state index contributed by atoms with van der Waals surface area (Å²) in [6, 6.07) is 0.